The zero-order chi connectivity index (χ0) is 27.8. The van der Waals surface area contributed by atoms with Gasteiger partial charge in [0.1, 0.15) is 12.2 Å². The van der Waals surface area contributed by atoms with Crippen LogP contribution in [0.4, 0.5) is 0 Å². The van der Waals surface area contributed by atoms with E-state index in [-0.39, 0.29) is 11.6 Å². The number of rotatable bonds is 7. The lowest BCUT2D eigenvalue weighted by Gasteiger charge is -2.19. The van der Waals surface area contributed by atoms with Crippen molar-refractivity contribution in [3.8, 4) is 22.5 Å². The van der Waals surface area contributed by atoms with Gasteiger partial charge in [-0.1, -0.05) is 41.9 Å². The van der Waals surface area contributed by atoms with Crippen LogP contribution in [0.1, 0.15) is 17.4 Å². The van der Waals surface area contributed by atoms with Crippen molar-refractivity contribution < 1.29 is 0 Å². The van der Waals surface area contributed by atoms with Crippen molar-refractivity contribution >= 4 is 22.6 Å². The molecule has 1 N–H and O–H groups in total. The molecule has 4 aromatic heterocycles. The number of H-pyrrole nitrogens is 1. The van der Waals surface area contributed by atoms with Crippen LogP contribution in [0.3, 0.4) is 0 Å². The van der Waals surface area contributed by atoms with Crippen LogP contribution in [0, 0.1) is 0 Å². The minimum Gasteiger partial charge on any atom is -0.340 e. The Morgan fingerprint density at radius 2 is 1.80 bits per heavy atom. The van der Waals surface area contributed by atoms with E-state index in [1.165, 1.54) is 6.33 Å². The molecule has 3 aromatic carbocycles. The van der Waals surface area contributed by atoms with Crippen LogP contribution in [0.2, 0.25) is 5.02 Å². The number of benzene rings is 3. The third-order valence-corrected chi connectivity index (χ3v) is 7.22. The number of fused-ring (bicyclic) bond motifs is 1. The first-order chi connectivity index (χ1) is 20.1. The van der Waals surface area contributed by atoms with Crippen LogP contribution >= 0.6 is 11.6 Å². The summed E-state index contributed by atoms with van der Waals surface area (Å²) in [6.45, 7) is 0. The van der Waals surface area contributed by atoms with Crippen LogP contribution in [0.25, 0.3) is 33.5 Å². The van der Waals surface area contributed by atoms with Crippen molar-refractivity contribution in [2.75, 3.05) is 0 Å². The summed E-state index contributed by atoms with van der Waals surface area (Å²) >= 11 is 6.34. The second-order valence-electron chi connectivity index (χ2n) is 9.56. The maximum atomic E-state index is 13.8. The molecule has 1 unspecified atom stereocenters. The monoisotopic (exact) mass is 559 g/mol. The second kappa shape index (κ2) is 10.3. The molecule has 0 bridgehead atoms. The molecule has 7 aromatic rings. The van der Waals surface area contributed by atoms with Gasteiger partial charge < -0.3 is 9.55 Å². The summed E-state index contributed by atoms with van der Waals surface area (Å²) in [4.78, 5) is 22.1. The Morgan fingerprint density at radius 1 is 0.902 bits per heavy atom. The van der Waals surface area contributed by atoms with E-state index in [4.69, 9.17) is 16.6 Å². The summed E-state index contributed by atoms with van der Waals surface area (Å²) in [6.07, 6.45) is 7.51. The SMILES string of the molecule is O=c1cc(-c2cc(Cl)ccc2-n2cnnn2)ccn1C(Cc1ccccc1)c1nc2ccc(-n3cccn3)cc2[nH]1. The predicted molar refractivity (Wildman–Crippen MR) is 155 cm³/mol. The number of hydrogen-bond donors (Lipinski definition) is 1. The van der Waals surface area contributed by atoms with Gasteiger partial charge in [-0.05, 0) is 70.1 Å². The fourth-order valence-corrected chi connectivity index (χ4v) is 5.20. The number of aromatic nitrogens is 9. The molecule has 0 aliphatic rings. The summed E-state index contributed by atoms with van der Waals surface area (Å²) in [5, 5.41) is 16.4. The third kappa shape index (κ3) is 4.81. The predicted octanol–water partition coefficient (Wildman–Crippen LogP) is 5.04. The second-order valence-corrected chi connectivity index (χ2v) is 9.99. The van der Waals surface area contributed by atoms with E-state index in [0.717, 1.165) is 27.8 Å². The van der Waals surface area contributed by atoms with E-state index in [1.807, 2.05) is 60.8 Å². The Morgan fingerprint density at radius 3 is 2.59 bits per heavy atom. The van der Waals surface area contributed by atoms with Crippen molar-refractivity contribution in [2.45, 2.75) is 12.5 Å². The van der Waals surface area contributed by atoms with E-state index in [2.05, 4.69) is 37.7 Å². The molecule has 0 spiro atoms. The first-order valence-corrected chi connectivity index (χ1v) is 13.3. The summed E-state index contributed by atoms with van der Waals surface area (Å²) in [7, 11) is 0. The Balaban J connectivity index is 1.32. The molecule has 11 heteroatoms. The summed E-state index contributed by atoms with van der Waals surface area (Å²) in [5.41, 5.74) is 5.64. The minimum absolute atomic E-state index is 0.177. The fourth-order valence-electron chi connectivity index (χ4n) is 5.03. The quantitative estimate of drug-likeness (QED) is 0.293. The summed E-state index contributed by atoms with van der Waals surface area (Å²) < 4.78 is 5.05. The highest BCUT2D eigenvalue weighted by atomic mass is 35.5. The van der Waals surface area contributed by atoms with Crippen LogP contribution in [-0.4, -0.2) is 44.5 Å². The Kier molecular flexibility index (Phi) is 6.21. The molecule has 10 nitrogen and oxygen atoms in total. The van der Waals surface area contributed by atoms with Gasteiger partial charge in [-0.3, -0.25) is 4.79 Å². The van der Waals surface area contributed by atoms with Gasteiger partial charge in [0.05, 0.1) is 28.5 Å². The van der Waals surface area contributed by atoms with Gasteiger partial charge in [-0.2, -0.15) is 9.78 Å². The Labute approximate surface area is 238 Å². The first kappa shape index (κ1) is 24.7. The molecule has 0 saturated heterocycles. The van der Waals surface area contributed by atoms with Crippen LogP contribution in [0.15, 0.2) is 115 Å². The molecule has 0 fully saturated rings. The molecule has 7 rings (SSSR count). The van der Waals surface area contributed by atoms with Gasteiger partial charge in [0.2, 0.25) is 0 Å². The van der Waals surface area contributed by atoms with E-state index in [1.54, 1.807) is 44.5 Å². The maximum absolute atomic E-state index is 13.8. The van der Waals surface area contributed by atoms with E-state index >= 15 is 0 Å². The highest BCUT2D eigenvalue weighted by Gasteiger charge is 2.21. The largest absolute Gasteiger partial charge is 0.340 e. The molecule has 0 aliphatic carbocycles. The Bertz CT molecular complexity index is 2010. The van der Waals surface area contributed by atoms with Gasteiger partial charge in [0.15, 0.2) is 0 Å². The number of hydrogen-bond acceptors (Lipinski definition) is 6. The van der Waals surface area contributed by atoms with Gasteiger partial charge in [0, 0.05) is 41.7 Å². The van der Waals surface area contributed by atoms with Crippen molar-refractivity contribution in [2.24, 2.45) is 0 Å². The molecule has 0 aliphatic heterocycles. The molecule has 1 atom stereocenters. The first-order valence-electron chi connectivity index (χ1n) is 12.9. The van der Waals surface area contributed by atoms with Crippen molar-refractivity contribution in [3.63, 3.8) is 0 Å². The zero-order valence-electron chi connectivity index (χ0n) is 21.5. The van der Waals surface area contributed by atoms with Crippen molar-refractivity contribution in [3.05, 3.63) is 137 Å². The van der Waals surface area contributed by atoms with Crippen molar-refractivity contribution in [1.82, 2.24) is 44.5 Å². The number of nitrogens with zero attached hydrogens (tertiary/aromatic N) is 8. The third-order valence-electron chi connectivity index (χ3n) is 6.99. The zero-order valence-corrected chi connectivity index (χ0v) is 22.3. The fraction of sp³-hybridized carbons (Fsp3) is 0.0667. The van der Waals surface area contributed by atoms with Crippen LogP contribution in [0.5, 0.6) is 0 Å². The molecular formula is C30H22ClN9O. The average Bonchev–Trinajstić information content (AvgIpc) is 3.78. The molecule has 0 amide bonds. The average molecular weight is 560 g/mol. The summed E-state index contributed by atoms with van der Waals surface area (Å²) in [6, 6.07) is 26.4. The topological polar surface area (TPSA) is 112 Å². The standard InChI is InChI=1S/C30H22ClN9O/c31-22-7-10-27(40-19-32-36-37-40)24(17-22)21-11-14-38(29(41)16-21)28(15-20-5-2-1-3-6-20)30-34-25-9-8-23(18-26(25)35-30)39-13-4-12-33-39/h1-14,16-19,28H,15H2,(H,34,35). The van der Waals surface area contributed by atoms with Gasteiger partial charge >= 0.3 is 0 Å². The molecule has 0 radical (unpaired) electrons. The van der Waals surface area contributed by atoms with Gasteiger partial charge in [0.25, 0.3) is 5.56 Å². The number of nitrogens with one attached hydrogen (secondary N) is 1. The van der Waals surface area contributed by atoms with Crippen LogP contribution < -0.4 is 5.56 Å². The summed E-state index contributed by atoms with van der Waals surface area (Å²) in [5.74, 6) is 0.688. The van der Waals surface area contributed by atoms with Gasteiger partial charge in [-0.15, -0.1) is 5.10 Å². The molecule has 0 saturated carbocycles. The van der Waals surface area contributed by atoms with Crippen molar-refractivity contribution in [1.29, 1.82) is 0 Å². The number of halogens is 1. The highest BCUT2D eigenvalue weighted by molar-refractivity contribution is 6.31. The number of tetrazole rings is 1. The Hall–Kier alpha value is -5.35. The lowest BCUT2D eigenvalue weighted by molar-refractivity contribution is 0.538. The molecule has 41 heavy (non-hydrogen) atoms. The minimum atomic E-state index is -0.377. The number of aromatic amines is 1. The maximum Gasteiger partial charge on any atom is 0.251 e. The van der Waals surface area contributed by atoms with Crippen LogP contribution in [-0.2, 0) is 6.42 Å². The van der Waals surface area contributed by atoms with Gasteiger partial charge in [-0.25, -0.2) is 9.67 Å². The molecule has 200 valence electrons. The molecular weight excluding hydrogens is 538 g/mol. The van der Waals surface area contributed by atoms with E-state index in [0.29, 0.717) is 28.5 Å². The smallest absolute Gasteiger partial charge is 0.251 e. The molecule has 4 heterocycles. The highest BCUT2D eigenvalue weighted by Crippen LogP contribution is 2.30. The lowest BCUT2D eigenvalue weighted by atomic mass is 10.0. The normalized spacial score (nSPS) is 12.1. The number of pyridine rings is 1. The lowest BCUT2D eigenvalue weighted by Crippen LogP contribution is -2.27. The van der Waals surface area contributed by atoms with E-state index < -0.39 is 0 Å². The number of imidazole rings is 1. The van der Waals surface area contributed by atoms with E-state index in [9.17, 15) is 4.79 Å².